The van der Waals surface area contributed by atoms with E-state index in [-0.39, 0.29) is 11.5 Å². The maximum absolute atomic E-state index is 10.8. The number of anilines is 1. The zero-order valence-corrected chi connectivity index (χ0v) is 7.35. The topological polar surface area (TPSA) is 97.2 Å². The van der Waals surface area contributed by atoms with Gasteiger partial charge in [0.15, 0.2) is 0 Å². The van der Waals surface area contributed by atoms with Crippen LogP contribution in [0.3, 0.4) is 0 Å². The first kappa shape index (κ1) is 9.90. The van der Waals surface area contributed by atoms with Crippen molar-refractivity contribution in [3.8, 4) is 0 Å². The average Bonchev–Trinajstić information content (AvgIpc) is 2.18. The molecule has 0 fully saturated rings. The molecule has 74 valence electrons. The smallest absolute Gasteiger partial charge is 0.320 e. The Kier molecular flexibility index (Phi) is 2.95. The van der Waals surface area contributed by atoms with Crippen LogP contribution in [0.2, 0.25) is 0 Å². The molecule has 2 amide bonds. The van der Waals surface area contributed by atoms with E-state index in [1.54, 1.807) is 0 Å². The van der Waals surface area contributed by atoms with Crippen LogP contribution >= 0.6 is 0 Å². The van der Waals surface area contributed by atoms with Gasteiger partial charge < -0.3 is 5.32 Å². The van der Waals surface area contributed by atoms with E-state index in [0.717, 1.165) is 0 Å². The van der Waals surface area contributed by atoms with Crippen molar-refractivity contribution >= 4 is 17.5 Å². The molecule has 0 aliphatic heterocycles. The van der Waals surface area contributed by atoms with Crippen molar-refractivity contribution in [3.05, 3.63) is 28.4 Å². The molecular weight excluding hydrogens is 188 g/mol. The van der Waals surface area contributed by atoms with Crippen LogP contribution in [0.5, 0.6) is 0 Å². The Morgan fingerprint density at radius 2 is 2.36 bits per heavy atom. The average molecular weight is 196 g/mol. The van der Waals surface area contributed by atoms with Crippen LogP contribution in [0.25, 0.3) is 0 Å². The summed E-state index contributed by atoms with van der Waals surface area (Å²) in [4.78, 5) is 24.4. The van der Waals surface area contributed by atoms with Crippen molar-refractivity contribution in [3.63, 3.8) is 0 Å². The molecule has 0 bridgehead atoms. The highest BCUT2D eigenvalue weighted by atomic mass is 16.6. The van der Waals surface area contributed by atoms with Crippen LogP contribution in [0.1, 0.15) is 0 Å². The molecule has 1 rings (SSSR count). The third kappa shape index (κ3) is 2.41. The molecule has 1 aromatic rings. The maximum Gasteiger partial charge on any atom is 0.320 e. The minimum absolute atomic E-state index is 0.119. The van der Waals surface area contributed by atoms with Crippen molar-refractivity contribution in [2.24, 2.45) is 0 Å². The highest BCUT2D eigenvalue weighted by molar-refractivity contribution is 5.88. The molecule has 0 radical (unpaired) electrons. The fourth-order valence-corrected chi connectivity index (χ4v) is 0.780. The van der Waals surface area contributed by atoms with Crippen LogP contribution in [0.15, 0.2) is 18.3 Å². The van der Waals surface area contributed by atoms with Crippen LogP contribution in [-0.4, -0.2) is 23.0 Å². The number of rotatable bonds is 2. The summed E-state index contributed by atoms with van der Waals surface area (Å²) in [6, 6.07) is 1.95. The molecule has 7 heteroatoms. The SMILES string of the molecule is CNC(=O)Nc1cc([N+](=O)[O-])ccn1. The Bertz CT molecular complexity index is 366. The Labute approximate surface area is 79.3 Å². The number of urea groups is 1. The van der Waals surface area contributed by atoms with Gasteiger partial charge in [-0.25, -0.2) is 9.78 Å². The highest BCUT2D eigenvalue weighted by Gasteiger charge is 2.07. The summed E-state index contributed by atoms with van der Waals surface area (Å²) in [5, 5.41) is 15.0. The summed E-state index contributed by atoms with van der Waals surface area (Å²) >= 11 is 0. The molecule has 2 N–H and O–H groups in total. The third-order valence-electron chi connectivity index (χ3n) is 1.42. The molecule has 7 nitrogen and oxygen atoms in total. The summed E-state index contributed by atoms with van der Waals surface area (Å²) in [6.07, 6.45) is 1.25. The summed E-state index contributed by atoms with van der Waals surface area (Å²) in [5.41, 5.74) is -0.119. The zero-order valence-electron chi connectivity index (χ0n) is 7.35. The fraction of sp³-hybridized carbons (Fsp3) is 0.143. The number of amides is 2. The second-order valence-electron chi connectivity index (χ2n) is 2.36. The van der Waals surface area contributed by atoms with Gasteiger partial charge in [0.1, 0.15) is 5.82 Å². The van der Waals surface area contributed by atoms with Gasteiger partial charge in [0, 0.05) is 19.3 Å². The summed E-state index contributed by atoms with van der Waals surface area (Å²) in [7, 11) is 1.44. The maximum atomic E-state index is 10.8. The van der Waals surface area contributed by atoms with E-state index in [1.165, 1.54) is 25.4 Å². The Morgan fingerprint density at radius 1 is 1.64 bits per heavy atom. The minimum Gasteiger partial charge on any atom is -0.341 e. The Hall–Kier alpha value is -2.18. The lowest BCUT2D eigenvalue weighted by Gasteiger charge is -2.01. The fourth-order valence-electron chi connectivity index (χ4n) is 0.780. The van der Waals surface area contributed by atoms with Crippen molar-refractivity contribution < 1.29 is 9.72 Å². The van der Waals surface area contributed by atoms with Crippen molar-refractivity contribution in [2.45, 2.75) is 0 Å². The third-order valence-corrected chi connectivity index (χ3v) is 1.42. The molecule has 0 aliphatic carbocycles. The number of hydrogen-bond donors (Lipinski definition) is 2. The van der Waals surface area contributed by atoms with Gasteiger partial charge in [-0.15, -0.1) is 0 Å². The van der Waals surface area contributed by atoms with Gasteiger partial charge >= 0.3 is 6.03 Å². The lowest BCUT2D eigenvalue weighted by molar-refractivity contribution is -0.384. The van der Waals surface area contributed by atoms with Crippen LogP contribution in [0.4, 0.5) is 16.3 Å². The molecule has 1 aromatic heterocycles. The summed E-state index contributed by atoms with van der Waals surface area (Å²) in [5.74, 6) is 0.138. The molecule has 0 saturated heterocycles. The van der Waals surface area contributed by atoms with Gasteiger partial charge in [0.25, 0.3) is 5.69 Å². The minimum atomic E-state index is -0.559. The lowest BCUT2D eigenvalue weighted by Crippen LogP contribution is -2.24. The van der Waals surface area contributed by atoms with Crippen molar-refractivity contribution in [2.75, 3.05) is 12.4 Å². The first-order valence-electron chi connectivity index (χ1n) is 3.72. The van der Waals surface area contributed by atoms with Crippen LogP contribution in [-0.2, 0) is 0 Å². The van der Waals surface area contributed by atoms with E-state index >= 15 is 0 Å². The summed E-state index contributed by atoms with van der Waals surface area (Å²) in [6.45, 7) is 0. The van der Waals surface area contributed by atoms with E-state index in [1.807, 2.05) is 0 Å². The van der Waals surface area contributed by atoms with Gasteiger partial charge in [-0.1, -0.05) is 0 Å². The van der Waals surface area contributed by atoms with E-state index in [2.05, 4.69) is 15.6 Å². The van der Waals surface area contributed by atoms with E-state index in [0.29, 0.717) is 0 Å². The van der Waals surface area contributed by atoms with Gasteiger partial charge in [-0.05, 0) is 0 Å². The van der Waals surface area contributed by atoms with Gasteiger partial charge in [-0.2, -0.15) is 0 Å². The molecular formula is C7H8N4O3. The number of carbonyl (C=O) groups excluding carboxylic acids is 1. The van der Waals surface area contributed by atoms with E-state index < -0.39 is 11.0 Å². The molecule has 0 spiro atoms. The van der Waals surface area contributed by atoms with E-state index in [9.17, 15) is 14.9 Å². The molecule has 0 atom stereocenters. The second-order valence-corrected chi connectivity index (χ2v) is 2.36. The normalized spacial score (nSPS) is 9.21. The van der Waals surface area contributed by atoms with Gasteiger partial charge in [0.05, 0.1) is 11.0 Å². The number of pyridine rings is 1. The van der Waals surface area contributed by atoms with Gasteiger partial charge in [0.2, 0.25) is 0 Å². The Morgan fingerprint density at radius 3 is 2.93 bits per heavy atom. The van der Waals surface area contributed by atoms with Gasteiger partial charge in [-0.3, -0.25) is 15.4 Å². The highest BCUT2D eigenvalue weighted by Crippen LogP contribution is 2.13. The standard InChI is InChI=1S/C7H8N4O3/c1-8-7(12)10-6-4-5(11(13)14)2-3-9-6/h2-4H,1H3,(H2,8,9,10,12). The molecule has 0 aromatic carbocycles. The molecule has 1 heterocycles. The van der Waals surface area contributed by atoms with Crippen LogP contribution in [0, 0.1) is 10.1 Å². The molecule has 14 heavy (non-hydrogen) atoms. The lowest BCUT2D eigenvalue weighted by atomic mass is 10.4. The molecule has 0 aliphatic rings. The van der Waals surface area contributed by atoms with E-state index in [4.69, 9.17) is 0 Å². The predicted molar refractivity (Wildman–Crippen MR) is 49.0 cm³/mol. The number of nitrogens with zero attached hydrogens (tertiary/aromatic N) is 2. The van der Waals surface area contributed by atoms with Crippen molar-refractivity contribution in [1.82, 2.24) is 10.3 Å². The first-order chi connectivity index (χ1) is 6.63. The monoisotopic (exact) mass is 196 g/mol. The number of nitrogens with one attached hydrogen (secondary N) is 2. The summed E-state index contributed by atoms with van der Waals surface area (Å²) < 4.78 is 0. The van der Waals surface area contributed by atoms with Crippen molar-refractivity contribution in [1.29, 1.82) is 0 Å². The number of nitro groups is 1. The first-order valence-corrected chi connectivity index (χ1v) is 3.72. The molecule has 0 unspecified atom stereocenters. The Balaban J connectivity index is 2.83. The zero-order chi connectivity index (χ0) is 10.6. The van der Waals surface area contributed by atoms with Crippen LogP contribution < -0.4 is 10.6 Å². The largest absolute Gasteiger partial charge is 0.341 e. The number of carbonyl (C=O) groups is 1. The predicted octanol–water partition coefficient (Wildman–Crippen LogP) is 0.741. The number of hydrogen-bond acceptors (Lipinski definition) is 4. The second kappa shape index (κ2) is 4.17. The number of aromatic nitrogens is 1. The quantitative estimate of drug-likeness (QED) is 0.538. The molecule has 0 saturated carbocycles.